The first-order valence-electron chi connectivity index (χ1n) is 4.01. The van der Waals surface area contributed by atoms with Crippen molar-refractivity contribution in [3.8, 4) is 6.07 Å². The molecule has 68 valence electrons. The Hall–Kier alpha value is -1.40. The molecule has 1 unspecified atom stereocenters. The van der Waals surface area contributed by atoms with E-state index in [1.165, 1.54) is 6.07 Å². The minimum atomic E-state index is -0.411. The van der Waals surface area contributed by atoms with Crippen LogP contribution in [0.5, 0.6) is 0 Å². The Morgan fingerprint density at radius 3 is 2.69 bits per heavy atom. The SMILES string of the molecule is N#CCC(CO)c1ccccc1F. The molecule has 1 aromatic rings. The minimum absolute atomic E-state index is 0.136. The van der Waals surface area contributed by atoms with E-state index < -0.39 is 5.92 Å². The lowest BCUT2D eigenvalue weighted by Gasteiger charge is -2.10. The zero-order valence-electron chi connectivity index (χ0n) is 7.07. The molecule has 0 aliphatic carbocycles. The molecule has 0 heterocycles. The highest BCUT2D eigenvalue weighted by Gasteiger charge is 2.13. The molecule has 0 bridgehead atoms. The fourth-order valence-corrected chi connectivity index (χ4v) is 1.19. The number of aliphatic hydroxyl groups is 1. The molecule has 0 aromatic heterocycles. The standard InChI is InChI=1S/C10H10FNO/c11-10-4-2-1-3-9(10)8(7-13)5-6-12/h1-4,8,13H,5,7H2. The van der Waals surface area contributed by atoms with Crippen LogP contribution < -0.4 is 0 Å². The second-order valence-electron chi connectivity index (χ2n) is 2.76. The molecule has 0 saturated heterocycles. The number of benzene rings is 1. The number of halogens is 1. The summed E-state index contributed by atoms with van der Waals surface area (Å²) < 4.78 is 13.1. The molecule has 1 atom stereocenters. The molecule has 0 aliphatic heterocycles. The highest BCUT2D eigenvalue weighted by atomic mass is 19.1. The summed E-state index contributed by atoms with van der Waals surface area (Å²) in [4.78, 5) is 0. The Bertz CT molecular complexity index is 319. The summed E-state index contributed by atoms with van der Waals surface area (Å²) >= 11 is 0. The minimum Gasteiger partial charge on any atom is -0.396 e. The van der Waals surface area contributed by atoms with Crippen LogP contribution in [0.1, 0.15) is 17.9 Å². The van der Waals surface area contributed by atoms with Gasteiger partial charge in [-0.3, -0.25) is 0 Å². The lowest BCUT2D eigenvalue weighted by molar-refractivity contribution is 0.264. The van der Waals surface area contributed by atoms with Crippen LogP contribution in [0.15, 0.2) is 24.3 Å². The summed E-state index contributed by atoms with van der Waals surface area (Å²) in [6.07, 6.45) is 0.136. The van der Waals surface area contributed by atoms with Crippen molar-refractivity contribution in [1.29, 1.82) is 5.26 Å². The number of rotatable bonds is 3. The van der Waals surface area contributed by atoms with Gasteiger partial charge in [-0.05, 0) is 11.6 Å². The maximum atomic E-state index is 13.1. The van der Waals surface area contributed by atoms with Crippen molar-refractivity contribution in [2.75, 3.05) is 6.61 Å². The Morgan fingerprint density at radius 2 is 2.15 bits per heavy atom. The van der Waals surface area contributed by atoms with Gasteiger partial charge in [0.05, 0.1) is 12.7 Å². The zero-order valence-corrected chi connectivity index (χ0v) is 7.07. The van der Waals surface area contributed by atoms with Crippen LogP contribution in [-0.4, -0.2) is 11.7 Å². The quantitative estimate of drug-likeness (QED) is 0.769. The van der Waals surface area contributed by atoms with E-state index >= 15 is 0 Å². The van der Waals surface area contributed by atoms with E-state index in [1.54, 1.807) is 18.2 Å². The van der Waals surface area contributed by atoms with Gasteiger partial charge in [-0.1, -0.05) is 18.2 Å². The van der Waals surface area contributed by atoms with E-state index in [1.807, 2.05) is 6.07 Å². The van der Waals surface area contributed by atoms with Crippen molar-refractivity contribution < 1.29 is 9.50 Å². The van der Waals surface area contributed by atoms with E-state index in [9.17, 15) is 4.39 Å². The highest BCUT2D eigenvalue weighted by molar-refractivity contribution is 5.22. The molecule has 0 amide bonds. The molecule has 0 spiro atoms. The summed E-state index contributed by atoms with van der Waals surface area (Å²) in [5.41, 5.74) is 0.409. The molecule has 0 saturated carbocycles. The van der Waals surface area contributed by atoms with Gasteiger partial charge in [0.1, 0.15) is 5.82 Å². The average Bonchev–Trinajstić information content (AvgIpc) is 2.16. The van der Waals surface area contributed by atoms with Gasteiger partial charge in [0.2, 0.25) is 0 Å². The molecule has 1 aromatic carbocycles. The van der Waals surface area contributed by atoms with Crippen molar-refractivity contribution in [1.82, 2.24) is 0 Å². The van der Waals surface area contributed by atoms with E-state index in [4.69, 9.17) is 10.4 Å². The van der Waals surface area contributed by atoms with Gasteiger partial charge >= 0.3 is 0 Å². The number of hydrogen-bond donors (Lipinski definition) is 1. The third kappa shape index (κ3) is 2.27. The van der Waals surface area contributed by atoms with E-state index in [0.717, 1.165) is 0 Å². The average molecular weight is 179 g/mol. The molecule has 1 rings (SSSR count). The Labute approximate surface area is 76.2 Å². The summed E-state index contributed by atoms with van der Waals surface area (Å²) in [5.74, 6) is -0.775. The van der Waals surface area contributed by atoms with E-state index in [-0.39, 0.29) is 18.8 Å². The molecule has 0 fully saturated rings. The molecule has 1 N–H and O–H groups in total. The summed E-state index contributed by atoms with van der Waals surface area (Å²) in [5, 5.41) is 17.4. The van der Waals surface area contributed by atoms with Crippen molar-refractivity contribution in [3.63, 3.8) is 0 Å². The third-order valence-electron chi connectivity index (χ3n) is 1.90. The Kier molecular flexibility index (Phi) is 3.41. The van der Waals surface area contributed by atoms with Crippen LogP contribution in [0, 0.1) is 17.1 Å². The van der Waals surface area contributed by atoms with Crippen LogP contribution in [0.25, 0.3) is 0 Å². The molecule has 13 heavy (non-hydrogen) atoms. The van der Waals surface area contributed by atoms with Crippen LogP contribution >= 0.6 is 0 Å². The van der Waals surface area contributed by atoms with Gasteiger partial charge < -0.3 is 5.11 Å². The Morgan fingerprint density at radius 1 is 1.46 bits per heavy atom. The van der Waals surface area contributed by atoms with Crippen molar-refractivity contribution in [3.05, 3.63) is 35.6 Å². The van der Waals surface area contributed by atoms with Gasteiger partial charge in [-0.15, -0.1) is 0 Å². The summed E-state index contributed by atoms with van der Waals surface area (Å²) in [6, 6.07) is 8.11. The molecule has 2 nitrogen and oxygen atoms in total. The number of nitriles is 1. The number of nitrogens with zero attached hydrogens (tertiary/aromatic N) is 1. The second kappa shape index (κ2) is 4.58. The molecule has 0 radical (unpaired) electrons. The number of aliphatic hydroxyl groups excluding tert-OH is 1. The predicted octanol–water partition coefficient (Wildman–Crippen LogP) is 1.82. The van der Waals surface area contributed by atoms with Crippen molar-refractivity contribution in [2.24, 2.45) is 0 Å². The lowest BCUT2D eigenvalue weighted by atomic mass is 9.97. The molecule has 3 heteroatoms. The van der Waals surface area contributed by atoms with Gasteiger partial charge in [0, 0.05) is 12.3 Å². The monoisotopic (exact) mass is 179 g/mol. The molecular formula is C10H10FNO. The topological polar surface area (TPSA) is 44.0 Å². The summed E-state index contributed by atoms with van der Waals surface area (Å²) in [6.45, 7) is -0.200. The zero-order chi connectivity index (χ0) is 9.68. The normalized spacial score (nSPS) is 12.1. The van der Waals surface area contributed by atoms with Crippen LogP contribution in [0.2, 0.25) is 0 Å². The fourth-order valence-electron chi connectivity index (χ4n) is 1.19. The lowest BCUT2D eigenvalue weighted by Crippen LogP contribution is -2.05. The number of hydrogen-bond acceptors (Lipinski definition) is 2. The van der Waals surface area contributed by atoms with Gasteiger partial charge in [0.15, 0.2) is 0 Å². The van der Waals surface area contributed by atoms with Gasteiger partial charge in [-0.2, -0.15) is 5.26 Å². The first-order valence-corrected chi connectivity index (χ1v) is 4.01. The van der Waals surface area contributed by atoms with E-state index in [2.05, 4.69) is 0 Å². The third-order valence-corrected chi connectivity index (χ3v) is 1.90. The molecular weight excluding hydrogens is 169 g/mol. The highest BCUT2D eigenvalue weighted by Crippen LogP contribution is 2.21. The Balaban J connectivity index is 2.92. The molecule has 0 aliphatic rings. The van der Waals surface area contributed by atoms with Crippen molar-refractivity contribution >= 4 is 0 Å². The largest absolute Gasteiger partial charge is 0.396 e. The fraction of sp³-hybridized carbons (Fsp3) is 0.300. The van der Waals surface area contributed by atoms with Gasteiger partial charge in [-0.25, -0.2) is 4.39 Å². The van der Waals surface area contributed by atoms with Gasteiger partial charge in [0.25, 0.3) is 0 Å². The van der Waals surface area contributed by atoms with Crippen molar-refractivity contribution in [2.45, 2.75) is 12.3 Å². The van der Waals surface area contributed by atoms with Crippen LogP contribution in [0.3, 0.4) is 0 Å². The first kappa shape index (κ1) is 9.69. The first-order chi connectivity index (χ1) is 6.29. The smallest absolute Gasteiger partial charge is 0.126 e. The second-order valence-corrected chi connectivity index (χ2v) is 2.76. The predicted molar refractivity (Wildman–Crippen MR) is 46.5 cm³/mol. The maximum absolute atomic E-state index is 13.1. The van der Waals surface area contributed by atoms with Crippen LogP contribution in [-0.2, 0) is 0 Å². The van der Waals surface area contributed by atoms with Crippen LogP contribution in [0.4, 0.5) is 4.39 Å². The maximum Gasteiger partial charge on any atom is 0.126 e. The van der Waals surface area contributed by atoms with E-state index in [0.29, 0.717) is 5.56 Å². The summed E-state index contributed by atoms with van der Waals surface area (Å²) in [7, 11) is 0.